The molecule has 0 aliphatic carbocycles. The Bertz CT molecular complexity index is 4410. The van der Waals surface area contributed by atoms with Crippen molar-refractivity contribution in [1.82, 2.24) is 0 Å². The first-order valence-electron chi connectivity index (χ1n) is 27.6. The van der Waals surface area contributed by atoms with Gasteiger partial charge in [-0.3, -0.25) is 0 Å². The lowest BCUT2D eigenvalue weighted by atomic mass is 9.34. The minimum Gasteiger partial charge on any atom is -0.457 e. The van der Waals surface area contributed by atoms with Crippen LogP contribution in [0.15, 0.2) is 218 Å². The SMILES string of the molecule is O=C(OCc1ccccc1)c1ccc2c(c1)-c1cc(C(=O)OCc3ccccc3)cc3c1B2c1cc2ccc4c5c(cc6ccc-3c1c6c25)B1c2ccc(C(=O)OCc3ccccc3)cc2-c2cc(C(=O)OCc3ccccc3)cc-4c21. The molecule has 0 atom stereocenters. The average molecular weight is 1060 g/mol. The first-order valence-corrected chi connectivity index (χ1v) is 27.6. The fourth-order valence-electron chi connectivity index (χ4n) is 13.6. The number of ether oxygens (including phenoxy) is 4. The number of rotatable bonds is 12. The van der Waals surface area contributed by atoms with Gasteiger partial charge in [-0.25, -0.2) is 19.2 Å². The molecule has 10 heteroatoms. The van der Waals surface area contributed by atoms with Gasteiger partial charge in [0.25, 0.3) is 0 Å². The molecule has 0 fully saturated rings. The maximum absolute atomic E-state index is 14.4. The Kier molecular flexibility index (Phi) is 10.8. The molecule has 12 aromatic carbocycles. The number of esters is 4. The summed E-state index contributed by atoms with van der Waals surface area (Å²) >= 11 is 0. The highest BCUT2D eigenvalue weighted by Crippen LogP contribution is 2.47. The Morgan fingerprint density at radius 3 is 0.915 bits per heavy atom. The smallest absolute Gasteiger partial charge is 0.338 e. The average Bonchev–Trinajstić information content (AvgIpc) is 1.84. The van der Waals surface area contributed by atoms with Gasteiger partial charge in [0, 0.05) is 0 Å². The predicted octanol–water partition coefficient (Wildman–Crippen LogP) is 11.0. The Balaban J connectivity index is 0.871. The number of carbonyl (C=O) groups is 4. The lowest BCUT2D eigenvalue weighted by Crippen LogP contribution is -2.53. The van der Waals surface area contributed by atoms with Crippen molar-refractivity contribution in [2.45, 2.75) is 26.4 Å². The molecule has 4 heterocycles. The normalized spacial score (nSPS) is 12.5. The monoisotopic (exact) mass is 1060 g/mol. The summed E-state index contributed by atoms with van der Waals surface area (Å²) in [5.74, 6) is -1.75. The van der Waals surface area contributed by atoms with E-state index in [1.165, 1.54) is 0 Å². The number of fused-ring (bicyclic) bond motifs is 10. The molecule has 0 unspecified atom stereocenters. The van der Waals surface area contributed by atoms with Crippen molar-refractivity contribution < 1.29 is 38.1 Å². The van der Waals surface area contributed by atoms with Crippen molar-refractivity contribution in [2.24, 2.45) is 0 Å². The van der Waals surface area contributed by atoms with Crippen LogP contribution in [-0.2, 0) is 45.4 Å². The van der Waals surface area contributed by atoms with E-state index in [4.69, 9.17) is 18.9 Å². The molecule has 0 saturated heterocycles. The molecule has 0 bridgehead atoms. The van der Waals surface area contributed by atoms with Crippen molar-refractivity contribution in [3.05, 3.63) is 263 Å². The summed E-state index contributed by atoms with van der Waals surface area (Å²) in [5.41, 5.74) is 19.1. The zero-order valence-corrected chi connectivity index (χ0v) is 44.0. The van der Waals surface area contributed by atoms with Crippen molar-refractivity contribution in [2.75, 3.05) is 0 Å². The van der Waals surface area contributed by atoms with Crippen LogP contribution in [0, 0.1) is 0 Å². The van der Waals surface area contributed by atoms with Crippen LogP contribution in [0.4, 0.5) is 0 Å². The summed E-state index contributed by atoms with van der Waals surface area (Å²) in [5, 5.41) is 6.57. The van der Waals surface area contributed by atoms with E-state index in [0.717, 1.165) is 132 Å². The molecule has 0 aromatic heterocycles. The van der Waals surface area contributed by atoms with Crippen LogP contribution in [0.5, 0.6) is 0 Å². The highest BCUT2D eigenvalue weighted by molar-refractivity contribution is 7.03. The molecular weight excluding hydrogens is 1010 g/mol. The maximum atomic E-state index is 14.4. The number of hydrogen-bond donors (Lipinski definition) is 0. The fraction of sp³-hybridized carbons (Fsp3) is 0.0556. The van der Waals surface area contributed by atoms with Gasteiger partial charge in [0.1, 0.15) is 26.4 Å². The summed E-state index contributed by atoms with van der Waals surface area (Å²) in [7, 11) is 0. The van der Waals surface area contributed by atoms with Crippen LogP contribution in [0.2, 0.25) is 0 Å². The van der Waals surface area contributed by atoms with Gasteiger partial charge in [-0.15, -0.1) is 0 Å². The molecule has 4 aliphatic heterocycles. The Morgan fingerprint density at radius 2 is 0.573 bits per heavy atom. The van der Waals surface area contributed by atoms with E-state index in [1.54, 1.807) is 0 Å². The molecule has 0 N–H and O–H groups in total. The molecule has 82 heavy (non-hydrogen) atoms. The van der Waals surface area contributed by atoms with Gasteiger partial charge in [-0.05, 0) is 148 Å². The quantitative estimate of drug-likeness (QED) is 0.0516. The topological polar surface area (TPSA) is 105 Å². The number of benzene rings is 12. The summed E-state index contributed by atoms with van der Waals surface area (Å²) in [6.45, 7) is 0.0655. The van der Waals surface area contributed by atoms with Crippen molar-refractivity contribution in [1.29, 1.82) is 0 Å². The van der Waals surface area contributed by atoms with Gasteiger partial charge in [0.2, 0.25) is 13.4 Å². The third-order valence-electron chi connectivity index (χ3n) is 17.2. The molecule has 0 amide bonds. The second-order valence-corrected chi connectivity index (χ2v) is 21.8. The van der Waals surface area contributed by atoms with Crippen LogP contribution in [0.3, 0.4) is 0 Å². The summed E-state index contributed by atoms with van der Waals surface area (Å²) in [6, 6.07) is 71.6. The molecule has 0 radical (unpaired) electrons. The van der Waals surface area contributed by atoms with Crippen molar-refractivity contribution in [3.63, 3.8) is 0 Å². The maximum Gasteiger partial charge on any atom is 0.338 e. The summed E-state index contributed by atoms with van der Waals surface area (Å²) in [6.07, 6.45) is 0. The van der Waals surface area contributed by atoms with E-state index in [0.29, 0.717) is 22.3 Å². The van der Waals surface area contributed by atoms with Gasteiger partial charge in [-0.1, -0.05) is 203 Å². The van der Waals surface area contributed by atoms with Crippen LogP contribution in [-0.4, -0.2) is 37.3 Å². The van der Waals surface area contributed by atoms with Crippen molar-refractivity contribution in [3.8, 4) is 44.5 Å². The lowest BCUT2D eigenvalue weighted by molar-refractivity contribution is 0.0464. The minimum atomic E-state index is -0.444. The molecular formula is C72H44B2O8. The van der Waals surface area contributed by atoms with Crippen LogP contribution in [0.25, 0.3) is 76.8 Å². The third kappa shape index (κ3) is 7.48. The standard InChI is InChI=1S/C72H44B2O8/c75-69(79-37-41-13-5-1-6-14-41)47-23-27-59-53(29-47)57-33-49(71(77)81-39-43-17-9-3-10-18-43)31-55-51-25-21-46-36-62-66-52(26-22-45-35-61(73(59)67(55)57)65(51)63(46)64(45)66)56-32-50(72(78)82-40-44-19-11-4-12-20-44)34-58-54-30-48(24-28-60(54)74(62)68(56)58)70(76)80-38-42-15-7-2-8-16-42/h1-36H,37-40H2. The molecule has 8 nitrogen and oxygen atoms in total. The zero-order valence-electron chi connectivity index (χ0n) is 44.0. The van der Waals surface area contributed by atoms with Gasteiger partial charge in [0.15, 0.2) is 0 Å². The first-order chi connectivity index (χ1) is 40.3. The van der Waals surface area contributed by atoms with Crippen LogP contribution in [0.1, 0.15) is 63.7 Å². The number of hydrogen-bond acceptors (Lipinski definition) is 8. The van der Waals surface area contributed by atoms with E-state index in [2.05, 4.69) is 48.5 Å². The van der Waals surface area contributed by atoms with Gasteiger partial charge >= 0.3 is 23.9 Å². The Morgan fingerprint density at radius 1 is 0.268 bits per heavy atom. The summed E-state index contributed by atoms with van der Waals surface area (Å²) in [4.78, 5) is 56.5. The largest absolute Gasteiger partial charge is 0.457 e. The van der Waals surface area contributed by atoms with E-state index < -0.39 is 23.9 Å². The Hall–Kier alpha value is -10.3. The van der Waals surface area contributed by atoms with Crippen LogP contribution < -0.4 is 32.8 Å². The number of carbonyl (C=O) groups excluding carboxylic acids is 4. The van der Waals surface area contributed by atoms with Crippen LogP contribution >= 0.6 is 0 Å². The molecule has 386 valence electrons. The predicted molar refractivity (Wildman–Crippen MR) is 323 cm³/mol. The van der Waals surface area contributed by atoms with Gasteiger partial charge in [0.05, 0.1) is 22.3 Å². The molecule has 0 spiro atoms. The van der Waals surface area contributed by atoms with E-state index >= 15 is 0 Å². The molecule has 4 aliphatic rings. The van der Waals surface area contributed by atoms with Crippen molar-refractivity contribution >= 4 is 102 Å². The van der Waals surface area contributed by atoms with Gasteiger partial charge in [-0.2, -0.15) is 0 Å². The second-order valence-electron chi connectivity index (χ2n) is 21.8. The molecule has 0 saturated carbocycles. The summed E-state index contributed by atoms with van der Waals surface area (Å²) < 4.78 is 23.8. The van der Waals surface area contributed by atoms with E-state index in [-0.39, 0.29) is 39.9 Å². The lowest BCUT2D eigenvalue weighted by Gasteiger charge is -2.31. The first kappa shape index (κ1) is 47.7. The Labute approximate surface area is 472 Å². The highest BCUT2D eigenvalue weighted by atomic mass is 16.5. The highest BCUT2D eigenvalue weighted by Gasteiger charge is 2.45. The zero-order chi connectivity index (χ0) is 54.7. The molecule has 16 rings (SSSR count). The minimum absolute atomic E-state index is 0.116. The molecule has 12 aromatic rings. The van der Waals surface area contributed by atoms with Gasteiger partial charge < -0.3 is 18.9 Å². The van der Waals surface area contributed by atoms with E-state index in [9.17, 15) is 19.2 Å². The second kappa shape index (κ2) is 18.6. The third-order valence-corrected chi connectivity index (χ3v) is 17.2. The fourth-order valence-corrected chi connectivity index (χ4v) is 13.6. The van der Waals surface area contributed by atoms with E-state index in [1.807, 2.05) is 170 Å².